The third kappa shape index (κ3) is 3.44. The van der Waals surface area contributed by atoms with E-state index in [1.54, 1.807) is 0 Å². The van der Waals surface area contributed by atoms with Crippen LogP contribution in [0.5, 0.6) is 0 Å². The number of nitrogens with zero attached hydrogens (tertiary/aromatic N) is 1. The average molecular weight is 322 g/mol. The average Bonchev–Trinajstić information content (AvgIpc) is 2.37. The Morgan fingerprint density at radius 1 is 1.32 bits per heavy atom. The van der Waals surface area contributed by atoms with Gasteiger partial charge in [0.05, 0.1) is 5.56 Å². The number of nitrogens with one attached hydrogen (secondary N) is 1. The molecule has 0 saturated heterocycles. The molecular formula is C14H16BrN3O. The van der Waals surface area contributed by atoms with E-state index in [2.05, 4.69) is 25.9 Å². The van der Waals surface area contributed by atoms with Crippen molar-refractivity contribution in [1.29, 1.82) is 0 Å². The van der Waals surface area contributed by atoms with Crippen LogP contribution in [0.3, 0.4) is 0 Å². The lowest BCUT2D eigenvalue weighted by atomic mass is 10.1. The highest BCUT2D eigenvalue weighted by Gasteiger charge is 2.08. The van der Waals surface area contributed by atoms with Crippen LogP contribution in [-0.2, 0) is 12.8 Å². The smallest absolute Gasteiger partial charge is 0.256 e. The molecule has 0 aliphatic rings. The highest BCUT2D eigenvalue weighted by molar-refractivity contribution is 9.10. The van der Waals surface area contributed by atoms with Crippen LogP contribution in [-0.4, -0.2) is 9.97 Å². The van der Waals surface area contributed by atoms with Gasteiger partial charge in [-0.15, -0.1) is 0 Å². The molecule has 4 nitrogen and oxygen atoms in total. The van der Waals surface area contributed by atoms with E-state index in [-0.39, 0.29) is 5.56 Å². The fraction of sp³-hybridized carbons (Fsp3) is 0.286. The molecule has 3 N–H and O–H groups in total. The van der Waals surface area contributed by atoms with E-state index in [9.17, 15) is 4.79 Å². The molecule has 0 saturated carbocycles. The SMILES string of the molecule is CCCc1c(N)nc(Cc2ccc(Br)cc2)[nH]c1=O. The molecule has 1 aromatic heterocycles. The van der Waals surface area contributed by atoms with E-state index in [0.717, 1.165) is 16.5 Å². The number of nitrogens with two attached hydrogens (primary N) is 1. The van der Waals surface area contributed by atoms with Gasteiger partial charge in [-0.1, -0.05) is 41.4 Å². The van der Waals surface area contributed by atoms with Crippen LogP contribution in [0.1, 0.15) is 30.3 Å². The summed E-state index contributed by atoms with van der Waals surface area (Å²) in [6, 6.07) is 7.89. The Bertz CT molecular complexity index is 620. The van der Waals surface area contributed by atoms with Crippen LogP contribution in [0.2, 0.25) is 0 Å². The quantitative estimate of drug-likeness (QED) is 0.909. The van der Waals surface area contributed by atoms with Crippen LogP contribution in [0.4, 0.5) is 5.82 Å². The molecule has 0 spiro atoms. The molecular weight excluding hydrogens is 306 g/mol. The molecule has 19 heavy (non-hydrogen) atoms. The van der Waals surface area contributed by atoms with E-state index in [4.69, 9.17) is 5.73 Å². The molecule has 2 aromatic rings. The summed E-state index contributed by atoms with van der Waals surface area (Å²) in [5.74, 6) is 0.947. The minimum absolute atomic E-state index is 0.124. The number of hydrogen-bond acceptors (Lipinski definition) is 3. The van der Waals surface area contributed by atoms with Gasteiger partial charge in [-0.3, -0.25) is 4.79 Å². The Morgan fingerprint density at radius 2 is 2.00 bits per heavy atom. The number of nitrogen functional groups attached to an aromatic ring is 1. The number of benzene rings is 1. The second-order valence-corrected chi connectivity index (χ2v) is 5.35. The maximum atomic E-state index is 11.9. The molecule has 1 heterocycles. The largest absolute Gasteiger partial charge is 0.383 e. The molecule has 1 aromatic carbocycles. The molecule has 0 radical (unpaired) electrons. The lowest BCUT2D eigenvalue weighted by molar-refractivity contribution is 0.862. The molecule has 0 atom stereocenters. The molecule has 0 amide bonds. The standard InChI is InChI=1S/C14H16BrN3O/c1-2-3-11-13(16)17-12(18-14(11)19)8-9-4-6-10(15)7-5-9/h4-7H,2-3,8H2,1H3,(H3,16,17,18,19). The number of halogens is 1. The zero-order valence-electron chi connectivity index (χ0n) is 10.7. The fourth-order valence-electron chi connectivity index (χ4n) is 1.93. The Kier molecular flexibility index (Phi) is 4.37. The van der Waals surface area contributed by atoms with Gasteiger partial charge in [0.15, 0.2) is 0 Å². The summed E-state index contributed by atoms with van der Waals surface area (Å²) >= 11 is 3.39. The van der Waals surface area contributed by atoms with Crippen LogP contribution in [0.15, 0.2) is 33.5 Å². The lowest BCUT2D eigenvalue weighted by Gasteiger charge is -2.06. The van der Waals surface area contributed by atoms with Gasteiger partial charge < -0.3 is 10.7 Å². The van der Waals surface area contributed by atoms with Crippen molar-refractivity contribution >= 4 is 21.7 Å². The van der Waals surface area contributed by atoms with E-state index < -0.39 is 0 Å². The first kappa shape index (κ1) is 13.8. The van der Waals surface area contributed by atoms with Gasteiger partial charge in [0.25, 0.3) is 5.56 Å². The first-order valence-corrected chi connectivity index (χ1v) is 7.01. The summed E-state index contributed by atoms with van der Waals surface area (Å²) in [6.45, 7) is 2.01. The van der Waals surface area contributed by atoms with E-state index in [1.165, 1.54) is 0 Å². The summed E-state index contributed by atoms with van der Waals surface area (Å²) in [5, 5.41) is 0. The van der Waals surface area contributed by atoms with Gasteiger partial charge >= 0.3 is 0 Å². The molecule has 0 unspecified atom stereocenters. The molecule has 2 rings (SSSR count). The van der Waals surface area contributed by atoms with Crippen molar-refractivity contribution in [2.75, 3.05) is 5.73 Å². The predicted octanol–water partition coefficient (Wildman–Crippen LogP) is 2.66. The van der Waals surface area contributed by atoms with E-state index in [1.807, 2.05) is 31.2 Å². The molecule has 100 valence electrons. The lowest BCUT2D eigenvalue weighted by Crippen LogP contribution is -2.19. The van der Waals surface area contributed by atoms with Crippen molar-refractivity contribution in [2.45, 2.75) is 26.2 Å². The van der Waals surface area contributed by atoms with Crippen molar-refractivity contribution in [2.24, 2.45) is 0 Å². The topological polar surface area (TPSA) is 71.8 Å². The summed E-state index contributed by atoms with van der Waals surface area (Å²) in [6.07, 6.45) is 2.10. The minimum Gasteiger partial charge on any atom is -0.383 e. The maximum Gasteiger partial charge on any atom is 0.256 e. The predicted molar refractivity (Wildman–Crippen MR) is 80.2 cm³/mol. The normalized spacial score (nSPS) is 10.6. The first-order valence-electron chi connectivity index (χ1n) is 6.22. The van der Waals surface area contributed by atoms with Crippen molar-refractivity contribution in [1.82, 2.24) is 9.97 Å². The maximum absolute atomic E-state index is 11.9. The minimum atomic E-state index is -0.124. The second kappa shape index (κ2) is 6.02. The molecule has 0 aliphatic heterocycles. The fourth-order valence-corrected chi connectivity index (χ4v) is 2.20. The third-order valence-electron chi connectivity index (χ3n) is 2.88. The van der Waals surface area contributed by atoms with Crippen molar-refractivity contribution in [3.05, 3.63) is 56.0 Å². The number of anilines is 1. The zero-order valence-corrected chi connectivity index (χ0v) is 12.3. The zero-order chi connectivity index (χ0) is 13.8. The third-order valence-corrected chi connectivity index (χ3v) is 3.41. The summed E-state index contributed by atoms with van der Waals surface area (Å²) < 4.78 is 1.02. The number of hydrogen-bond donors (Lipinski definition) is 2. The summed E-state index contributed by atoms with van der Waals surface area (Å²) in [5.41, 5.74) is 7.39. The van der Waals surface area contributed by atoms with E-state index in [0.29, 0.717) is 30.0 Å². The van der Waals surface area contributed by atoms with Gasteiger partial charge in [0, 0.05) is 10.9 Å². The Hall–Kier alpha value is -1.62. The molecule has 0 fully saturated rings. The van der Waals surface area contributed by atoms with Crippen LogP contribution >= 0.6 is 15.9 Å². The van der Waals surface area contributed by atoms with Crippen molar-refractivity contribution in [3.8, 4) is 0 Å². The van der Waals surface area contributed by atoms with Gasteiger partial charge in [-0.25, -0.2) is 4.98 Å². The van der Waals surface area contributed by atoms with Crippen LogP contribution in [0, 0.1) is 0 Å². The second-order valence-electron chi connectivity index (χ2n) is 4.43. The van der Waals surface area contributed by atoms with Gasteiger partial charge in [0.1, 0.15) is 11.6 Å². The monoisotopic (exact) mass is 321 g/mol. The number of aromatic nitrogens is 2. The van der Waals surface area contributed by atoms with Crippen LogP contribution < -0.4 is 11.3 Å². The van der Waals surface area contributed by atoms with Gasteiger partial charge in [-0.05, 0) is 24.1 Å². The van der Waals surface area contributed by atoms with Gasteiger partial charge in [0.2, 0.25) is 0 Å². The highest BCUT2D eigenvalue weighted by Crippen LogP contribution is 2.13. The van der Waals surface area contributed by atoms with E-state index >= 15 is 0 Å². The number of aromatic amines is 1. The van der Waals surface area contributed by atoms with Gasteiger partial charge in [-0.2, -0.15) is 0 Å². The Morgan fingerprint density at radius 3 is 2.58 bits per heavy atom. The number of rotatable bonds is 4. The summed E-state index contributed by atoms with van der Waals surface area (Å²) in [4.78, 5) is 19.0. The molecule has 0 bridgehead atoms. The summed E-state index contributed by atoms with van der Waals surface area (Å²) in [7, 11) is 0. The molecule has 5 heteroatoms. The first-order chi connectivity index (χ1) is 9.10. The number of H-pyrrole nitrogens is 1. The highest BCUT2D eigenvalue weighted by atomic mass is 79.9. The van der Waals surface area contributed by atoms with Crippen molar-refractivity contribution in [3.63, 3.8) is 0 Å². The Balaban J connectivity index is 2.27. The van der Waals surface area contributed by atoms with Crippen LogP contribution in [0.25, 0.3) is 0 Å². The van der Waals surface area contributed by atoms with Crippen molar-refractivity contribution < 1.29 is 0 Å². The Labute approximate surface area is 120 Å². The molecule has 0 aliphatic carbocycles.